The molecule has 84 valence electrons. The Kier molecular flexibility index (Phi) is 2.77. The van der Waals surface area contributed by atoms with Gasteiger partial charge in [0.25, 0.3) is 0 Å². The fourth-order valence-electron chi connectivity index (χ4n) is 2.03. The van der Waals surface area contributed by atoms with Gasteiger partial charge in [0.05, 0.1) is 29.6 Å². The fourth-order valence-corrected chi connectivity index (χ4v) is 2.45. The lowest BCUT2D eigenvalue weighted by atomic mass is 9.91. The van der Waals surface area contributed by atoms with Crippen LogP contribution in [0.5, 0.6) is 0 Å². The number of rotatable bonds is 1. The molecule has 15 heavy (non-hydrogen) atoms. The van der Waals surface area contributed by atoms with Crippen molar-refractivity contribution in [1.29, 1.82) is 0 Å². The maximum atomic E-state index is 6.18. The molecule has 1 saturated heterocycles. The van der Waals surface area contributed by atoms with Gasteiger partial charge in [-0.3, -0.25) is 4.68 Å². The van der Waals surface area contributed by atoms with Crippen LogP contribution in [0.3, 0.4) is 0 Å². The lowest BCUT2D eigenvalue weighted by molar-refractivity contribution is 0.183. The van der Waals surface area contributed by atoms with E-state index in [1.807, 2.05) is 4.68 Å². The molecule has 0 radical (unpaired) electrons. The van der Waals surface area contributed by atoms with Gasteiger partial charge in [-0.15, -0.1) is 0 Å². The third-order valence-electron chi connectivity index (χ3n) is 2.71. The van der Waals surface area contributed by atoms with Crippen LogP contribution >= 0.6 is 11.6 Å². The van der Waals surface area contributed by atoms with Crippen LogP contribution in [0.4, 0.5) is 0 Å². The molecule has 1 aromatic rings. The van der Waals surface area contributed by atoms with Crippen molar-refractivity contribution >= 4 is 11.6 Å². The quantitative estimate of drug-likeness (QED) is 0.739. The average Bonchev–Trinajstić information content (AvgIpc) is 2.68. The second-order valence-corrected chi connectivity index (χ2v) is 5.46. The molecule has 3 nitrogen and oxygen atoms in total. The number of hydrogen-bond acceptors (Lipinski definition) is 2. The summed E-state index contributed by atoms with van der Waals surface area (Å²) in [7, 11) is 0. The Hall–Kier alpha value is -0.540. The van der Waals surface area contributed by atoms with Crippen LogP contribution in [0, 0.1) is 0 Å². The van der Waals surface area contributed by atoms with Crippen LogP contribution < -0.4 is 0 Å². The average molecular weight is 229 g/mol. The third-order valence-corrected chi connectivity index (χ3v) is 2.99. The van der Waals surface area contributed by atoms with Crippen molar-refractivity contribution in [2.45, 2.75) is 38.6 Å². The van der Waals surface area contributed by atoms with E-state index in [0.717, 1.165) is 30.4 Å². The Morgan fingerprint density at radius 3 is 2.80 bits per heavy atom. The van der Waals surface area contributed by atoms with E-state index in [0.29, 0.717) is 6.04 Å². The first kappa shape index (κ1) is 11.0. The van der Waals surface area contributed by atoms with Crippen molar-refractivity contribution in [2.75, 3.05) is 13.2 Å². The van der Waals surface area contributed by atoms with E-state index in [2.05, 4.69) is 25.9 Å². The summed E-state index contributed by atoms with van der Waals surface area (Å²) in [5.74, 6) is 0. The summed E-state index contributed by atoms with van der Waals surface area (Å²) in [6.45, 7) is 8.04. The van der Waals surface area contributed by atoms with Crippen LogP contribution in [-0.4, -0.2) is 23.0 Å². The van der Waals surface area contributed by atoms with Gasteiger partial charge in [-0.1, -0.05) is 32.4 Å². The largest absolute Gasteiger partial charge is 0.379 e. The highest BCUT2D eigenvalue weighted by Gasteiger charge is 2.28. The van der Waals surface area contributed by atoms with E-state index in [9.17, 15) is 0 Å². The molecule has 0 saturated carbocycles. The standard InChI is InChI=1S/C11H17ClN2O/c1-11(2,3)10-9(12)6-13-14(10)8-4-5-15-7-8/h6,8H,4-5,7H2,1-3H3. The van der Waals surface area contributed by atoms with Crippen LogP contribution in [-0.2, 0) is 10.2 Å². The first-order valence-corrected chi connectivity index (χ1v) is 5.69. The highest BCUT2D eigenvalue weighted by Crippen LogP contribution is 2.33. The topological polar surface area (TPSA) is 27.1 Å². The number of nitrogens with zero attached hydrogens (tertiary/aromatic N) is 2. The van der Waals surface area contributed by atoms with Crippen molar-refractivity contribution in [3.63, 3.8) is 0 Å². The Morgan fingerprint density at radius 2 is 2.27 bits per heavy atom. The monoisotopic (exact) mass is 228 g/mol. The molecule has 0 aromatic carbocycles. The molecule has 4 heteroatoms. The fraction of sp³-hybridized carbons (Fsp3) is 0.727. The lowest BCUT2D eigenvalue weighted by Crippen LogP contribution is -2.22. The molecule has 1 aromatic heterocycles. The summed E-state index contributed by atoms with van der Waals surface area (Å²) in [4.78, 5) is 0. The van der Waals surface area contributed by atoms with Crippen LogP contribution in [0.1, 0.15) is 38.9 Å². The zero-order chi connectivity index (χ0) is 11.1. The van der Waals surface area contributed by atoms with E-state index in [1.54, 1.807) is 6.20 Å². The zero-order valence-corrected chi connectivity index (χ0v) is 10.2. The zero-order valence-electron chi connectivity index (χ0n) is 9.46. The molecule has 0 N–H and O–H groups in total. The highest BCUT2D eigenvalue weighted by molar-refractivity contribution is 6.31. The van der Waals surface area contributed by atoms with E-state index in [1.165, 1.54) is 0 Å². The summed E-state index contributed by atoms with van der Waals surface area (Å²) < 4.78 is 7.42. The highest BCUT2D eigenvalue weighted by atomic mass is 35.5. The van der Waals surface area contributed by atoms with Crippen LogP contribution in [0.2, 0.25) is 5.02 Å². The van der Waals surface area contributed by atoms with Gasteiger partial charge in [-0.05, 0) is 6.42 Å². The molecule has 1 unspecified atom stereocenters. The van der Waals surface area contributed by atoms with E-state index in [4.69, 9.17) is 16.3 Å². The molecule has 1 fully saturated rings. The molecular formula is C11H17ClN2O. The van der Waals surface area contributed by atoms with E-state index in [-0.39, 0.29) is 5.41 Å². The maximum absolute atomic E-state index is 6.18. The van der Waals surface area contributed by atoms with Crippen molar-refractivity contribution in [3.05, 3.63) is 16.9 Å². The summed E-state index contributed by atoms with van der Waals surface area (Å²) in [6, 6.07) is 0.353. The Morgan fingerprint density at radius 1 is 1.53 bits per heavy atom. The third kappa shape index (κ3) is 2.04. The number of ether oxygens (including phenoxy) is 1. The maximum Gasteiger partial charge on any atom is 0.0823 e. The molecule has 1 atom stereocenters. The van der Waals surface area contributed by atoms with Gasteiger partial charge < -0.3 is 4.74 Å². The van der Waals surface area contributed by atoms with Crippen molar-refractivity contribution in [3.8, 4) is 0 Å². The molecule has 1 aliphatic rings. The Balaban J connectivity index is 2.39. The second-order valence-electron chi connectivity index (χ2n) is 5.05. The van der Waals surface area contributed by atoms with Gasteiger partial charge in [0.1, 0.15) is 0 Å². The first-order chi connectivity index (χ1) is 7.00. The number of halogens is 1. The SMILES string of the molecule is CC(C)(C)c1c(Cl)cnn1C1CCOC1. The molecule has 0 spiro atoms. The minimum absolute atomic E-state index is 0.0240. The summed E-state index contributed by atoms with van der Waals surface area (Å²) in [5, 5.41) is 5.13. The first-order valence-electron chi connectivity index (χ1n) is 5.31. The smallest absolute Gasteiger partial charge is 0.0823 e. The van der Waals surface area contributed by atoms with Gasteiger partial charge in [-0.25, -0.2) is 0 Å². The van der Waals surface area contributed by atoms with Gasteiger partial charge >= 0.3 is 0 Å². The number of aromatic nitrogens is 2. The van der Waals surface area contributed by atoms with Gasteiger partial charge in [0.2, 0.25) is 0 Å². The molecule has 0 amide bonds. The Bertz CT molecular complexity index is 348. The summed E-state index contributed by atoms with van der Waals surface area (Å²) in [6.07, 6.45) is 2.77. The number of hydrogen-bond donors (Lipinski definition) is 0. The molecule has 0 aliphatic carbocycles. The molecule has 0 bridgehead atoms. The van der Waals surface area contributed by atoms with Gasteiger partial charge in [0, 0.05) is 12.0 Å². The Labute approximate surface area is 95.4 Å². The van der Waals surface area contributed by atoms with E-state index >= 15 is 0 Å². The van der Waals surface area contributed by atoms with Crippen LogP contribution in [0.25, 0.3) is 0 Å². The minimum atomic E-state index is 0.0240. The predicted octanol–water partition coefficient (Wildman–Crippen LogP) is 2.80. The van der Waals surface area contributed by atoms with Gasteiger partial charge in [-0.2, -0.15) is 5.10 Å². The minimum Gasteiger partial charge on any atom is -0.379 e. The molecule has 2 heterocycles. The molecular weight excluding hydrogens is 212 g/mol. The van der Waals surface area contributed by atoms with E-state index < -0.39 is 0 Å². The van der Waals surface area contributed by atoms with Crippen molar-refractivity contribution < 1.29 is 4.74 Å². The second kappa shape index (κ2) is 3.80. The molecule has 2 rings (SSSR count). The van der Waals surface area contributed by atoms with Gasteiger partial charge in [0.15, 0.2) is 0 Å². The lowest BCUT2D eigenvalue weighted by Gasteiger charge is -2.23. The summed E-state index contributed by atoms with van der Waals surface area (Å²) >= 11 is 6.18. The van der Waals surface area contributed by atoms with Crippen molar-refractivity contribution in [2.24, 2.45) is 0 Å². The van der Waals surface area contributed by atoms with Crippen LogP contribution in [0.15, 0.2) is 6.20 Å². The predicted molar refractivity (Wildman–Crippen MR) is 60.4 cm³/mol. The van der Waals surface area contributed by atoms with Crippen molar-refractivity contribution in [1.82, 2.24) is 9.78 Å². The summed E-state index contributed by atoms with van der Waals surface area (Å²) in [5.41, 5.74) is 1.13. The molecule has 1 aliphatic heterocycles. The normalized spacial score (nSPS) is 22.3.